The van der Waals surface area contributed by atoms with Gasteiger partial charge in [0.05, 0.1) is 24.4 Å². The Hall–Kier alpha value is -2.52. The summed E-state index contributed by atoms with van der Waals surface area (Å²) in [5.74, 6) is -6.28. The summed E-state index contributed by atoms with van der Waals surface area (Å²) in [7, 11) is 2.82. The third-order valence-electron chi connectivity index (χ3n) is 15.0. The fourth-order valence-electron chi connectivity index (χ4n) is 10.1. The highest BCUT2D eigenvalue weighted by Gasteiger charge is 2.56. The number of fused-ring (bicyclic) bond motifs is 3. The molecule has 13 atom stereocenters. The van der Waals surface area contributed by atoms with E-state index in [1.54, 1.807) is 34.3 Å². The van der Waals surface area contributed by atoms with E-state index in [4.69, 9.17) is 28.1 Å². The fraction of sp³-hybridized carbons (Fsp3) is 0.800. The van der Waals surface area contributed by atoms with Crippen LogP contribution in [0.1, 0.15) is 132 Å². The normalized spacial score (nSPS) is 36.8. The Labute approximate surface area is 380 Å². The van der Waals surface area contributed by atoms with Crippen molar-refractivity contribution in [2.45, 2.75) is 199 Å². The zero-order valence-electron chi connectivity index (χ0n) is 41.0. The number of ether oxygens (including phenoxy) is 5. The summed E-state index contributed by atoms with van der Waals surface area (Å²) in [6.45, 7) is 25.1. The predicted octanol–water partition coefficient (Wildman–Crippen LogP) is 8.70. The first-order chi connectivity index (χ1) is 29.5. The van der Waals surface area contributed by atoms with E-state index in [9.17, 15) is 24.3 Å². The lowest BCUT2D eigenvalue weighted by Gasteiger charge is -2.47. The van der Waals surface area contributed by atoms with E-state index in [0.717, 1.165) is 30.4 Å². The second-order valence-corrected chi connectivity index (χ2v) is 25.8. The van der Waals surface area contributed by atoms with Crippen molar-refractivity contribution < 1.29 is 52.4 Å². The van der Waals surface area contributed by atoms with Crippen molar-refractivity contribution >= 4 is 31.8 Å². The van der Waals surface area contributed by atoms with Crippen LogP contribution in [0.2, 0.25) is 18.1 Å². The highest BCUT2D eigenvalue weighted by Crippen LogP contribution is 2.42. The van der Waals surface area contributed by atoms with Gasteiger partial charge in [0, 0.05) is 46.1 Å². The summed E-state index contributed by atoms with van der Waals surface area (Å²) >= 11 is 0. The molecule has 2 bridgehead atoms. The van der Waals surface area contributed by atoms with Crippen molar-refractivity contribution in [2.24, 2.45) is 29.6 Å². The lowest BCUT2D eigenvalue weighted by molar-refractivity contribution is -0.302. The summed E-state index contributed by atoms with van der Waals surface area (Å²) in [5.41, 5.74) is 1.92. The molecule has 3 aliphatic heterocycles. The number of nitrogens with zero attached hydrogens (tertiary/aromatic N) is 1. The minimum Gasteiger partial charge on any atom is -0.456 e. The van der Waals surface area contributed by atoms with Crippen molar-refractivity contribution in [2.75, 3.05) is 27.9 Å². The highest BCUT2D eigenvalue weighted by atomic mass is 28.4. The molecule has 63 heavy (non-hydrogen) atoms. The number of Topliss-reactive ketones (excluding diaryl/α,β-unsaturated/α-hetero) is 2. The van der Waals surface area contributed by atoms with Gasteiger partial charge in [-0.1, -0.05) is 65.3 Å². The standard InChI is InChI=1S/C50H83NO11Si/c1-15-18-37-26-31(2)25-32(3)27-42(58-11)45-43(59-12)29-35(6)50(56,61-45)46(53)47(54)51-24-17-16-19-38(51)48(55)60-44(33(4)20-22-39(37)52)34(5)28-36-21-23-40(41(30-36)57-10)62-63(13,14)49(7,8)9/h15,26,28,32-33,35-38,40-45,56H,1,16-25,27,29-30H2,2-14H3. The van der Waals surface area contributed by atoms with Gasteiger partial charge in [-0.25, -0.2) is 4.79 Å². The van der Waals surface area contributed by atoms with Crippen LogP contribution in [0, 0.1) is 29.6 Å². The average Bonchev–Trinajstić information content (AvgIpc) is 3.23. The molecular formula is C50H83NO11Si. The Kier molecular flexibility index (Phi) is 19.2. The minimum atomic E-state index is -2.47. The molecule has 0 aromatic rings. The van der Waals surface area contributed by atoms with Crippen molar-refractivity contribution in [3.8, 4) is 0 Å². The number of cyclic esters (lactones) is 1. The first-order valence-electron chi connectivity index (χ1n) is 23.7. The Bertz CT molecular complexity index is 1650. The molecule has 1 N–H and O–H groups in total. The average molecular weight is 902 g/mol. The molecule has 13 heteroatoms. The van der Waals surface area contributed by atoms with Gasteiger partial charge in [0.1, 0.15) is 24.0 Å². The van der Waals surface area contributed by atoms with Crippen LogP contribution in [-0.4, -0.2) is 118 Å². The maximum absolute atomic E-state index is 14.5. The SMILES string of the molecule is C=CCC1C=C(C)CC(C)CC(OC)C2OC(O)(C(=O)C(=O)N3CCCCC3C(=O)OC(C(C)=CC3CCC(O[Si](C)(C)C(C)(C)C)C(OC)C3)C(C)CCC1=O)C(C)CC2OC. The molecule has 0 spiro atoms. The largest absolute Gasteiger partial charge is 0.456 e. The second-order valence-electron chi connectivity index (χ2n) is 21.0. The zero-order chi connectivity index (χ0) is 47.0. The number of esters is 1. The Balaban J connectivity index is 1.72. The molecule has 1 aliphatic carbocycles. The summed E-state index contributed by atoms with van der Waals surface area (Å²) in [4.78, 5) is 58.5. The number of allylic oxidation sites excluding steroid dienone is 4. The maximum atomic E-state index is 14.5. The summed E-state index contributed by atoms with van der Waals surface area (Å²) in [5, 5.41) is 12.2. The number of hydrogen-bond donors (Lipinski definition) is 1. The topological polar surface area (TPSA) is 147 Å². The first kappa shape index (κ1) is 53.1. The van der Waals surface area contributed by atoms with Gasteiger partial charge in [-0.15, -0.1) is 6.58 Å². The van der Waals surface area contributed by atoms with Crippen LogP contribution in [0.3, 0.4) is 0 Å². The summed E-state index contributed by atoms with van der Waals surface area (Å²) in [6.07, 6.45) is 9.93. The first-order valence-corrected chi connectivity index (χ1v) is 26.6. The van der Waals surface area contributed by atoms with Crippen molar-refractivity contribution in [3.63, 3.8) is 0 Å². The van der Waals surface area contributed by atoms with Gasteiger partial charge < -0.3 is 38.1 Å². The van der Waals surface area contributed by atoms with Gasteiger partial charge in [0.15, 0.2) is 8.32 Å². The number of carbonyl (C=O) groups excluding carboxylic acids is 4. The number of aliphatic hydroxyl groups is 1. The van der Waals surface area contributed by atoms with E-state index < -0.39 is 68.1 Å². The molecule has 13 unspecified atom stereocenters. The number of ketones is 2. The molecule has 358 valence electrons. The molecule has 1 saturated carbocycles. The lowest BCUT2D eigenvalue weighted by atomic mass is 9.82. The lowest BCUT2D eigenvalue weighted by Crippen LogP contribution is -2.64. The molecular weight excluding hydrogens is 819 g/mol. The molecule has 0 radical (unpaired) electrons. The van der Waals surface area contributed by atoms with Crippen molar-refractivity contribution in [1.82, 2.24) is 4.90 Å². The van der Waals surface area contributed by atoms with Gasteiger partial charge in [0.25, 0.3) is 11.7 Å². The molecule has 0 aromatic carbocycles. The summed E-state index contributed by atoms with van der Waals surface area (Å²) < 4.78 is 37.5. The second kappa shape index (κ2) is 22.8. The van der Waals surface area contributed by atoms with Crippen LogP contribution in [0.15, 0.2) is 36.0 Å². The van der Waals surface area contributed by atoms with Crippen molar-refractivity contribution in [1.29, 1.82) is 0 Å². The van der Waals surface area contributed by atoms with Crippen LogP contribution in [0.25, 0.3) is 0 Å². The van der Waals surface area contributed by atoms with Crippen LogP contribution in [0.4, 0.5) is 0 Å². The Morgan fingerprint density at radius 3 is 2.21 bits per heavy atom. The van der Waals surface area contributed by atoms with Crippen molar-refractivity contribution in [3.05, 3.63) is 36.0 Å². The predicted molar refractivity (Wildman–Crippen MR) is 247 cm³/mol. The Morgan fingerprint density at radius 1 is 0.937 bits per heavy atom. The van der Waals surface area contributed by atoms with Gasteiger partial charge in [0.2, 0.25) is 5.79 Å². The molecule has 0 aromatic heterocycles. The van der Waals surface area contributed by atoms with Gasteiger partial charge >= 0.3 is 5.97 Å². The molecule has 1 amide bonds. The minimum absolute atomic E-state index is 0.00602. The van der Waals surface area contributed by atoms with E-state index in [1.807, 2.05) is 26.8 Å². The third kappa shape index (κ3) is 13.1. The van der Waals surface area contributed by atoms with Crippen LogP contribution in [0.5, 0.6) is 0 Å². The molecule has 3 heterocycles. The molecule has 12 nitrogen and oxygen atoms in total. The van der Waals surface area contributed by atoms with E-state index in [2.05, 4.69) is 53.4 Å². The maximum Gasteiger partial charge on any atom is 0.329 e. The van der Waals surface area contributed by atoms with E-state index in [-0.39, 0.29) is 66.1 Å². The third-order valence-corrected chi connectivity index (χ3v) is 19.5. The molecule has 4 rings (SSSR count). The van der Waals surface area contributed by atoms with Gasteiger partial charge in [-0.3, -0.25) is 14.4 Å². The zero-order valence-corrected chi connectivity index (χ0v) is 42.0. The number of piperidine rings is 1. The van der Waals surface area contributed by atoms with Crippen LogP contribution in [-0.2, 0) is 47.3 Å². The number of carbonyl (C=O) groups is 4. The van der Waals surface area contributed by atoms with E-state index in [1.165, 1.54) is 4.90 Å². The van der Waals surface area contributed by atoms with Gasteiger partial charge in [-0.05, 0) is 126 Å². The number of amides is 1. The van der Waals surface area contributed by atoms with E-state index in [0.29, 0.717) is 44.9 Å². The van der Waals surface area contributed by atoms with Crippen LogP contribution < -0.4 is 0 Å². The van der Waals surface area contributed by atoms with Gasteiger partial charge in [-0.2, -0.15) is 0 Å². The number of methoxy groups -OCH3 is 3. The van der Waals surface area contributed by atoms with Crippen LogP contribution >= 0.6 is 0 Å². The highest BCUT2D eigenvalue weighted by molar-refractivity contribution is 6.74. The molecule has 3 fully saturated rings. The fourth-order valence-corrected chi connectivity index (χ4v) is 11.5. The van der Waals surface area contributed by atoms with E-state index >= 15 is 0 Å². The quantitative estimate of drug-likeness (QED) is 0.103. The monoisotopic (exact) mass is 902 g/mol. The smallest absolute Gasteiger partial charge is 0.329 e. The summed E-state index contributed by atoms with van der Waals surface area (Å²) in [6, 6.07) is -1.04. The number of hydrogen-bond acceptors (Lipinski definition) is 11. The molecule has 2 saturated heterocycles. The number of rotatable bonds is 9. The Morgan fingerprint density at radius 2 is 1.59 bits per heavy atom. The molecule has 4 aliphatic rings.